The predicted octanol–water partition coefficient (Wildman–Crippen LogP) is 5.36. The van der Waals surface area contributed by atoms with Crippen molar-refractivity contribution >= 4 is 23.4 Å². The van der Waals surface area contributed by atoms with Gasteiger partial charge in [0.05, 0.1) is 22.3 Å². The van der Waals surface area contributed by atoms with Gasteiger partial charge in [0.25, 0.3) is 0 Å². The summed E-state index contributed by atoms with van der Waals surface area (Å²) in [7, 11) is 0. The van der Waals surface area contributed by atoms with Gasteiger partial charge in [-0.2, -0.15) is 13.2 Å². The number of halogens is 4. The summed E-state index contributed by atoms with van der Waals surface area (Å²) in [6.45, 7) is 0. The van der Waals surface area contributed by atoms with E-state index in [1.165, 1.54) is 24.2 Å². The highest BCUT2D eigenvalue weighted by atomic mass is 35.5. The zero-order valence-electron chi connectivity index (χ0n) is 11.3. The van der Waals surface area contributed by atoms with Crippen LogP contribution in [-0.4, -0.2) is 21.9 Å². The molecule has 1 heterocycles. The van der Waals surface area contributed by atoms with Crippen LogP contribution in [0.2, 0.25) is 5.02 Å². The molecule has 2 rings (SSSR count). The van der Waals surface area contributed by atoms with Crippen LogP contribution in [0.25, 0.3) is 0 Å². The molecule has 0 unspecified atom stereocenters. The van der Waals surface area contributed by atoms with Crippen LogP contribution in [0.4, 0.5) is 13.2 Å². The number of benzene rings is 1. The molecule has 0 spiro atoms. The fraction of sp³-hybridized carbons (Fsp3) is 0.286. The summed E-state index contributed by atoms with van der Waals surface area (Å²) in [5.41, 5.74) is 0. The zero-order chi connectivity index (χ0) is 16.0. The first kappa shape index (κ1) is 16.9. The Labute approximate surface area is 134 Å². The Morgan fingerprint density at radius 1 is 1.14 bits per heavy atom. The fourth-order valence-electron chi connectivity index (χ4n) is 1.56. The predicted molar refractivity (Wildman–Crippen MR) is 79.6 cm³/mol. The van der Waals surface area contributed by atoms with E-state index < -0.39 is 12.6 Å². The Kier molecular flexibility index (Phi) is 5.90. The quantitative estimate of drug-likeness (QED) is 0.520. The van der Waals surface area contributed by atoms with E-state index in [-0.39, 0.29) is 12.4 Å². The number of alkyl halides is 3. The Morgan fingerprint density at radius 2 is 1.82 bits per heavy atom. The van der Waals surface area contributed by atoms with Gasteiger partial charge in [-0.25, -0.2) is 9.97 Å². The standard InChI is InChI=1S/C14H12ClF3N2OS/c15-10-8-19-13(20-9-10)21-11-4-1-2-5-12(11)22-7-3-6-14(16,17)18/h1-2,4-5,8-9H,3,6-7H2. The third-order valence-corrected chi connectivity index (χ3v) is 3.85. The van der Waals surface area contributed by atoms with Crippen molar-refractivity contribution < 1.29 is 17.9 Å². The maximum atomic E-state index is 12.1. The van der Waals surface area contributed by atoms with Crippen LogP contribution in [-0.2, 0) is 0 Å². The molecular formula is C14H12ClF3N2OS. The van der Waals surface area contributed by atoms with E-state index in [9.17, 15) is 13.2 Å². The van der Waals surface area contributed by atoms with E-state index >= 15 is 0 Å². The SMILES string of the molecule is FC(F)(F)CCCSc1ccccc1Oc1ncc(Cl)cn1. The largest absolute Gasteiger partial charge is 0.423 e. The van der Waals surface area contributed by atoms with Crippen LogP contribution < -0.4 is 4.74 Å². The summed E-state index contributed by atoms with van der Waals surface area (Å²) in [6.07, 6.45) is -2.04. The average Bonchev–Trinajstić information content (AvgIpc) is 2.46. The van der Waals surface area contributed by atoms with Crippen LogP contribution in [0.15, 0.2) is 41.6 Å². The van der Waals surface area contributed by atoms with Crippen molar-refractivity contribution in [2.75, 3.05) is 5.75 Å². The number of ether oxygens (including phenoxy) is 1. The molecule has 0 aliphatic heterocycles. The summed E-state index contributed by atoms with van der Waals surface area (Å²) < 4.78 is 41.9. The molecule has 0 atom stereocenters. The highest BCUT2D eigenvalue weighted by Gasteiger charge is 2.25. The van der Waals surface area contributed by atoms with Gasteiger partial charge in [-0.1, -0.05) is 23.7 Å². The summed E-state index contributed by atoms with van der Waals surface area (Å²) in [6, 6.07) is 7.19. The molecule has 1 aromatic heterocycles. The maximum absolute atomic E-state index is 12.1. The molecule has 3 nitrogen and oxygen atoms in total. The molecule has 22 heavy (non-hydrogen) atoms. The fourth-order valence-corrected chi connectivity index (χ4v) is 2.59. The van der Waals surface area contributed by atoms with Crippen molar-refractivity contribution in [3.63, 3.8) is 0 Å². The topological polar surface area (TPSA) is 35.0 Å². The molecule has 0 saturated heterocycles. The van der Waals surface area contributed by atoms with Gasteiger partial charge < -0.3 is 4.74 Å². The summed E-state index contributed by atoms with van der Waals surface area (Å²) >= 11 is 6.99. The van der Waals surface area contributed by atoms with Crippen LogP contribution in [0.1, 0.15) is 12.8 Å². The zero-order valence-corrected chi connectivity index (χ0v) is 12.9. The van der Waals surface area contributed by atoms with Crippen LogP contribution in [0.5, 0.6) is 11.8 Å². The normalized spacial score (nSPS) is 11.5. The first-order valence-electron chi connectivity index (χ1n) is 6.38. The Bertz CT molecular complexity index is 608. The van der Waals surface area contributed by atoms with E-state index in [2.05, 4.69) is 9.97 Å². The molecule has 0 aliphatic rings. The van der Waals surface area contributed by atoms with Crippen molar-refractivity contribution in [1.82, 2.24) is 9.97 Å². The van der Waals surface area contributed by atoms with E-state index in [4.69, 9.17) is 16.3 Å². The van der Waals surface area contributed by atoms with Crippen LogP contribution >= 0.6 is 23.4 Å². The number of thioether (sulfide) groups is 1. The number of rotatable bonds is 6. The summed E-state index contributed by atoms with van der Waals surface area (Å²) in [4.78, 5) is 8.58. The lowest BCUT2D eigenvalue weighted by molar-refractivity contribution is -0.134. The lowest BCUT2D eigenvalue weighted by atomic mass is 10.3. The number of aromatic nitrogens is 2. The highest BCUT2D eigenvalue weighted by molar-refractivity contribution is 7.99. The smallest absolute Gasteiger partial charge is 0.389 e. The van der Waals surface area contributed by atoms with Gasteiger partial charge in [0.1, 0.15) is 5.75 Å². The summed E-state index contributed by atoms with van der Waals surface area (Å²) in [5, 5.41) is 0.391. The molecule has 118 valence electrons. The second kappa shape index (κ2) is 7.69. The third kappa shape index (κ3) is 5.73. The van der Waals surface area contributed by atoms with Crippen molar-refractivity contribution in [2.24, 2.45) is 0 Å². The van der Waals surface area contributed by atoms with Gasteiger partial charge in [-0.3, -0.25) is 0 Å². The molecule has 0 amide bonds. The monoisotopic (exact) mass is 348 g/mol. The second-order valence-corrected chi connectivity index (χ2v) is 5.87. The summed E-state index contributed by atoms with van der Waals surface area (Å²) in [5.74, 6) is 0.850. The minimum Gasteiger partial charge on any atom is -0.423 e. The first-order chi connectivity index (χ1) is 10.4. The number of hydrogen-bond acceptors (Lipinski definition) is 4. The Balaban J connectivity index is 1.96. The molecule has 0 radical (unpaired) electrons. The number of para-hydroxylation sites is 1. The molecule has 0 N–H and O–H groups in total. The molecule has 8 heteroatoms. The van der Waals surface area contributed by atoms with Gasteiger partial charge in [0.2, 0.25) is 0 Å². The van der Waals surface area contributed by atoms with Crippen LogP contribution in [0, 0.1) is 0 Å². The molecule has 0 aliphatic carbocycles. The third-order valence-electron chi connectivity index (χ3n) is 2.51. The number of hydrogen-bond donors (Lipinski definition) is 0. The average molecular weight is 349 g/mol. The molecular weight excluding hydrogens is 337 g/mol. The second-order valence-electron chi connectivity index (χ2n) is 4.30. The van der Waals surface area contributed by atoms with Gasteiger partial charge in [-0.15, -0.1) is 11.8 Å². The van der Waals surface area contributed by atoms with Gasteiger partial charge >= 0.3 is 12.2 Å². The lowest BCUT2D eigenvalue weighted by Gasteiger charge is -2.10. The van der Waals surface area contributed by atoms with Crippen molar-refractivity contribution in [3.8, 4) is 11.8 Å². The lowest BCUT2D eigenvalue weighted by Crippen LogP contribution is -2.06. The molecule has 2 aromatic rings. The van der Waals surface area contributed by atoms with Crippen LogP contribution in [0.3, 0.4) is 0 Å². The highest BCUT2D eigenvalue weighted by Crippen LogP contribution is 2.33. The molecule has 0 bridgehead atoms. The van der Waals surface area contributed by atoms with Crippen molar-refractivity contribution in [1.29, 1.82) is 0 Å². The van der Waals surface area contributed by atoms with E-state index in [0.29, 0.717) is 16.5 Å². The minimum atomic E-state index is -4.12. The van der Waals surface area contributed by atoms with Crippen molar-refractivity contribution in [3.05, 3.63) is 41.7 Å². The maximum Gasteiger partial charge on any atom is 0.389 e. The first-order valence-corrected chi connectivity index (χ1v) is 7.74. The Morgan fingerprint density at radius 3 is 2.50 bits per heavy atom. The van der Waals surface area contributed by atoms with Gasteiger partial charge in [0, 0.05) is 6.42 Å². The molecule has 0 saturated carbocycles. The number of nitrogens with zero attached hydrogens (tertiary/aromatic N) is 2. The van der Waals surface area contributed by atoms with Crippen molar-refractivity contribution in [2.45, 2.75) is 23.9 Å². The van der Waals surface area contributed by atoms with Gasteiger partial charge in [0.15, 0.2) is 0 Å². The Hall–Kier alpha value is -1.47. The molecule has 1 aromatic carbocycles. The molecule has 0 fully saturated rings. The van der Waals surface area contributed by atoms with E-state index in [1.807, 2.05) is 0 Å². The van der Waals surface area contributed by atoms with E-state index in [0.717, 1.165) is 4.90 Å². The van der Waals surface area contributed by atoms with Gasteiger partial charge in [-0.05, 0) is 24.3 Å². The minimum absolute atomic E-state index is 0.0555. The van der Waals surface area contributed by atoms with E-state index in [1.54, 1.807) is 24.3 Å².